The van der Waals surface area contributed by atoms with Crippen molar-refractivity contribution in [2.24, 2.45) is 0 Å². The Morgan fingerprint density at radius 1 is 1.44 bits per heavy atom. The third kappa shape index (κ3) is 3.14. The Morgan fingerprint density at radius 3 is 2.94 bits per heavy atom. The van der Waals surface area contributed by atoms with E-state index in [1.54, 1.807) is 13.3 Å². The van der Waals surface area contributed by atoms with E-state index in [0.717, 1.165) is 5.69 Å². The van der Waals surface area contributed by atoms with Crippen LogP contribution in [0.1, 0.15) is 17.2 Å². The first-order chi connectivity index (χ1) is 8.70. The molecule has 0 saturated carbocycles. The highest BCUT2D eigenvalue weighted by Gasteiger charge is 2.09. The maximum atomic E-state index is 11.7. The number of hydrogen-bond acceptors (Lipinski definition) is 4. The number of aromatic amines is 1. The number of methoxy groups -OCH3 is 1. The van der Waals surface area contributed by atoms with E-state index in [2.05, 4.69) is 15.0 Å². The normalized spacial score (nSPS) is 10.6. The van der Waals surface area contributed by atoms with E-state index >= 15 is 0 Å². The van der Waals surface area contributed by atoms with Crippen molar-refractivity contribution in [2.45, 2.75) is 13.0 Å². The van der Waals surface area contributed by atoms with Crippen LogP contribution in [0.3, 0.4) is 0 Å². The Kier molecular flexibility index (Phi) is 4.43. The zero-order valence-corrected chi connectivity index (χ0v) is 12.0. The van der Waals surface area contributed by atoms with Gasteiger partial charge in [-0.1, -0.05) is 6.07 Å². The molecule has 5 nitrogen and oxygen atoms in total. The lowest BCUT2D eigenvalue weighted by atomic mass is 10.2. The van der Waals surface area contributed by atoms with Crippen LogP contribution >= 0.6 is 22.6 Å². The fourth-order valence-electron chi connectivity index (χ4n) is 1.55. The number of aromatic nitrogens is 3. The molecular weight excluding hydrogens is 345 g/mol. The van der Waals surface area contributed by atoms with Gasteiger partial charge < -0.3 is 9.72 Å². The van der Waals surface area contributed by atoms with Crippen molar-refractivity contribution in [3.05, 3.63) is 55.5 Å². The number of rotatable bonds is 4. The van der Waals surface area contributed by atoms with Gasteiger partial charge in [-0.3, -0.25) is 9.78 Å². The predicted molar refractivity (Wildman–Crippen MR) is 75.3 cm³/mol. The van der Waals surface area contributed by atoms with Crippen LogP contribution in [-0.4, -0.2) is 22.1 Å². The number of nitrogens with zero attached hydrogens (tertiary/aromatic N) is 2. The molecule has 0 aromatic carbocycles. The molecule has 0 atom stereocenters. The second-order valence-corrected chi connectivity index (χ2v) is 4.78. The fourth-order valence-corrected chi connectivity index (χ4v) is 1.96. The first kappa shape index (κ1) is 13.2. The molecule has 0 spiro atoms. The minimum absolute atomic E-state index is 0.136. The van der Waals surface area contributed by atoms with Crippen molar-refractivity contribution < 1.29 is 4.74 Å². The number of hydrogen-bond donors (Lipinski definition) is 1. The molecule has 0 unspecified atom stereocenters. The van der Waals surface area contributed by atoms with E-state index in [-0.39, 0.29) is 5.56 Å². The van der Waals surface area contributed by atoms with Crippen molar-refractivity contribution in [3.8, 4) is 0 Å². The number of H-pyrrole nitrogens is 1. The van der Waals surface area contributed by atoms with Gasteiger partial charge in [0, 0.05) is 25.4 Å². The van der Waals surface area contributed by atoms with Crippen molar-refractivity contribution in [3.63, 3.8) is 0 Å². The van der Waals surface area contributed by atoms with Gasteiger partial charge in [0.25, 0.3) is 5.56 Å². The second kappa shape index (κ2) is 6.05. The summed E-state index contributed by atoms with van der Waals surface area (Å²) in [5.74, 6) is 0.603. The summed E-state index contributed by atoms with van der Waals surface area (Å²) in [6.07, 6.45) is 2.22. The minimum atomic E-state index is -0.136. The quantitative estimate of drug-likeness (QED) is 0.843. The average molecular weight is 357 g/mol. The highest BCUT2D eigenvalue weighted by atomic mass is 127. The number of pyridine rings is 1. The van der Waals surface area contributed by atoms with Crippen molar-refractivity contribution in [2.75, 3.05) is 7.11 Å². The minimum Gasteiger partial charge on any atom is -0.378 e. The molecule has 2 heterocycles. The molecule has 0 fully saturated rings. The largest absolute Gasteiger partial charge is 0.378 e. The summed E-state index contributed by atoms with van der Waals surface area (Å²) >= 11 is 1.97. The van der Waals surface area contributed by atoms with E-state index in [1.165, 1.54) is 0 Å². The number of halogens is 1. The van der Waals surface area contributed by atoms with E-state index in [9.17, 15) is 4.79 Å². The Hall–Kier alpha value is -1.28. The molecule has 0 saturated heterocycles. The molecule has 0 amide bonds. The lowest BCUT2D eigenvalue weighted by Gasteiger charge is -2.05. The van der Waals surface area contributed by atoms with Gasteiger partial charge >= 0.3 is 0 Å². The van der Waals surface area contributed by atoms with Crippen LogP contribution in [0.15, 0.2) is 29.2 Å². The summed E-state index contributed by atoms with van der Waals surface area (Å²) in [6, 6.07) is 5.65. The molecule has 2 aromatic rings. The van der Waals surface area contributed by atoms with E-state index in [0.29, 0.717) is 28.1 Å². The molecule has 2 rings (SSSR count). The predicted octanol–water partition coefficient (Wildman–Crippen LogP) is 1.51. The smallest absolute Gasteiger partial charge is 0.264 e. The van der Waals surface area contributed by atoms with Crippen molar-refractivity contribution in [1.82, 2.24) is 15.0 Å². The maximum Gasteiger partial charge on any atom is 0.264 e. The fraction of sp³-hybridized carbons (Fsp3) is 0.250. The summed E-state index contributed by atoms with van der Waals surface area (Å²) in [7, 11) is 1.58. The van der Waals surface area contributed by atoms with Gasteiger partial charge in [-0.25, -0.2) is 4.98 Å². The summed E-state index contributed by atoms with van der Waals surface area (Å²) < 4.78 is 5.60. The summed E-state index contributed by atoms with van der Waals surface area (Å²) in [5, 5.41) is 0. The molecule has 1 N–H and O–H groups in total. The van der Waals surface area contributed by atoms with E-state index in [4.69, 9.17) is 4.74 Å². The van der Waals surface area contributed by atoms with Crippen LogP contribution < -0.4 is 5.56 Å². The molecular formula is C12H12IN3O2. The average Bonchev–Trinajstić information content (AvgIpc) is 2.37. The van der Waals surface area contributed by atoms with Crippen molar-refractivity contribution >= 4 is 22.6 Å². The molecule has 0 bridgehead atoms. The third-order valence-electron chi connectivity index (χ3n) is 2.34. The Bertz CT molecular complexity index is 584. The highest BCUT2D eigenvalue weighted by molar-refractivity contribution is 14.1. The molecule has 94 valence electrons. The van der Waals surface area contributed by atoms with Crippen LogP contribution in [0.2, 0.25) is 0 Å². The van der Waals surface area contributed by atoms with E-state index < -0.39 is 0 Å². The van der Waals surface area contributed by atoms with Crippen LogP contribution in [0.25, 0.3) is 0 Å². The summed E-state index contributed by atoms with van der Waals surface area (Å²) in [6.45, 7) is 0.331. The zero-order valence-electron chi connectivity index (χ0n) is 9.81. The van der Waals surface area contributed by atoms with Gasteiger partial charge in [-0.2, -0.15) is 0 Å². The molecule has 0 aliphatic carbocycles. The molecule has 6 heteroatoms. The molecule has 2 aromatic heterocycles. The van der Waals surface area contributed by atoms with Gasteiger partial charge in [-0.15, -0.1) is 0 Å². The first-order valence-corrected chi connectivity index (χ1v) is 6.45. The number of ether oxygens (including phenoxy) is 1. The Balaban J connectivity index is 2.32. The maximum absolute atomic E-state index is 11.7. The second-order valence-electron chi connectivity index (χ2n) is 3.70. The highest BCUT2D eigenvalue weighted by Crippen LogP contribution is 2.07. The lowest BCUT2D eigenvalue weighted by molar-refractivity contribution is 0.180. The van der Waals surface area contributed by atoms with Crippen LogP contribution in [-0.2, 0) is 17.8 Å². The Morgan fingerprint density at radius 2 is 2.28 bits per heavy atom. The topological polar surface area (TPSA) is 67.9 Å². The van der Waals surface area contributed by atoms with E-state index in [1.807, 2.05) is 40.8 Å². The molecule has 18 heavy (non-hydrogen) atoms. The zero-order chi connectivity index (χ0) is 13.0. The molecule has 0 aliphatic heterocycles. The monoisotopic (exact) mass is 357 g/mol. The molecule has 0 radical (unpaired) electrons. The first-order valence-electron chi connectivity index (χ1n) is 5.37. The third-order valence-corrected chi connectivity index (χ3v) is 3.45. The van der Waals surface area contributed by atoms with Crippen LogP contribution in [0, 0.1) is 3.57 Å². The van der Waals surface area contributed by atoms with Gasteiger partial charge in [0.2, 0.25) is 0 Å². The summed E-state index contributed by atoms with van der Waals surface area (Å²) in [4.78, 5) is 23.1. The molecule has 0 aliphatic rings. The van der Waals surface area contributed by atoms with Gasteiger partial charge in [0.15, 0.2) is 0 Å². The summed E-state index contributed by atoms with van der Waals surface area (Å²) in [5.41, 5.74) is 1.39. The SMILES string of the molecule is COCc1nc(Cc2ccccn2)[nH]c(=O)c1I. The Labute approximate surface area is 118 Å². The lowest BCUT2D eigenvalue weighted by Crippen LogP contribution is -2.19. The van der Waals surface area contributed by atoms with Gasteiger partial charge in [0.05, 0.1) is 12.3 Å². The van der Waals surface area contributed by atoms with Crippen LogP contribution in [0.4, 0.5) is 0 Å². The van der Waals surface area contributed by atoms with Gasteiger partial charge in [-0.05, 0) is 34.7 Å². The standard InChI is InChI=1S/C12H12IN3O2/c1-18-7-9-11(13)12(17)16-10(15-9)6-8-4-2-3-5-14-8/h2-5H,6-7H2,1H3,(H,15,16,17). The van der Waals surface area contributed by atoms with Crippen molar-refractivity contribution in [1.29, 1.82) is 0 Å². The van der Waals surface area contributed by atoms with Gasteiger partial charge in [0.1, 0.15) is 9.39 Å². The van der Waals surface area contributed by atoms with Crippen LogP contribution in [0.5, 0.6) is 0 Å². The number of nitrogens with one attached hydrogen (secondary N) is 1.